The van der Waals surface area contributed by atoms with E-state index in [2.05, 4.69) is 29.9 Å². The molecule has 2 heterocycles. The summed E-state index contributed by atoms with van der Waals surface area (Å²) in [7, 11) is -9.11. The van der Waals surface area contributed by atoms with E-state index in [4.69, 9.17) is 16.6 Å². The minimum Gasteiger partial charge on any atom is -0.390 e. The molecule has 0 radical (unpaired) electrons. The summed E-state index contributed by atoms with van der Waals surface area (Å²) in [5.41, 5.74) is 12.6. The van der Waals surface area contributed by atoms with Gasteiger partial charge in [0.2, 0.25) is 20.0 Å². The highest BCUT2D eigenvalue weighted by atomic mass is 32.2. The van der Waals surface area contributed by atoms with Gasteiger partial charge in [-0.25, -0.2) is 36.7 Å². The normalized spacial score (nSPS) is 15.1. The summed E-state index contributed by atoms with van der Waals surface area (Å²) in [5, 5.41) is 22.8. The Bertz CT molecular complexity index is 1550. The highest BCUT2D eigenvalue weighted by Crippen LogP contribution is 2.37. The molecule has 16 heteroatoms. The number of amidine groups is 1. The average molecular weight is 508 g/mol. The van der Waals surface area contributed by atoms with Gasteiger partial charge in [-0.05, 0) is 17.7 Å². The number of aromatic amines is 1. The van der Waals surface area contributed by atoms with Crippen molar-refractivity contribution in [1.29, 1.82) is 0 Å². The molecule has 1 aliphatic rings. The van der Waals surface area contributed by atoms with E-state index in [1.807, 2.05) is 0 Å². The molecule has 0 amide bonds. The number of H-pyrrole nitrogens is 1. The number of anilines is 1. The number of sulfonamides is 2. The topological polar surface area (TPSA) is 244 Å². The Hall–Kier alpha value is -3.28. The predicted octanol–water partition coefficient (Wildman–Crippen LogP) is -0.773. The molecule has 4 rings (SSSR count). The quantitative estimate of drug-likeness (QED) is 0.225. The molecule has 180 valence electrons. The Balaban J connectivity index is 2.05. The van der Waals surface area contributed by atoms with Gasteiger partial charge in [-0.2, -0.15) is 5.11 Å². The first-order valence-electron chi connectivity index (χ1n) is 9.77. The van der Waals surface area contributed by atoms with Gasteiger partial charge in [0.05, 0.1) is 22.7 Å². The number of fused-ring (bicyclic) bond motifs is 1. The number of benzene rings is 2. The Labute approximate surface area is 194 Å². The van der Waals surface area contributed by atoms with Gasteiger partial charge in [0.15, 0.2) is 18.5 Å². The molecular formula is C18H21N9O5S2. The van der Waals surface area contributed by atoms with E-state index in [1.165, 1.54) is 6.07 Å². The molecule has 0 bridgehead atoms. The van der Waals surface area contributed by atoms with Crippen molar-refractivity contribution in [3.8, 4) is 11.1 Å². The number of aliphatic imine (C=N–C) groups is 1. The highest BCUT2D eigenvalue weighted by Gasteiger charge is 2.33. The predicted molar refractivity (Wildman–Crippen MR) is 124 cm³/mol. The summed E-state index contributed by atoms with van der Waals surface area (Å²) >= 11 is 0. The summed E-state index contributed by atoms with van der Waals surface area (Å²) in [6, 6.07) is 7.56. The molecule has 0 saturated heterocycles. The zero-order valence-electron chi connectivity index (χ0n) is 17.5. The third-order valence-electron chi connectivity index (χ3n) is 4.97. The monoisotopic (exact) mass is 507 g/mol. The third kappa shape index (κ3) is 4.41. The van der Waals surface area contributed by atoms with Crippen molar-refractivity contribution in [3.63, 3.8) is 0 Å². The summed E-state index contributed by atoms with van der Waals surface area (Å²) in [4.78, 5) is 9.87. The average Bonchev–Trinajstić information content (AvgIpc) is 3.44. The summed E-state index contributed by atoms with van der Waals surface area (Å²) in [6.45, 7) is -0.717. The van der Waals surface area contributed by atoms with Gasteiger partial charge in [0.1, 0.15) is 9.79 Å². The van der Waals surface area contributed by atoms with Crippen LogP contribution in [0.1, 0.15) is 5.56 Å². The lowest BCUT2D eigenvalue weighted by Gasteiger charge is -2.18. The van der Waals surface area contributed by atoms with Crippen LogP contribution in [0.25, 0.3) is 22.2 Å². The molecule has 0 saturated carbocycles. The Morgan fingerprint density at radius 3 is 2.56 bits per heavy atom. The van der Waals surface area contributed by atoms with Gasteiger partial charge >= 0.3 is 0 Å². The van der Waals surface area contributed by atoms with Crippen LogP contribution in [-0.2, 0) is 20.0 Å². The lowest BCUT2D eigenvalue weighted by Crippen LogP contribution is -2.37. The van der Waals surface area contributed by atoms with Crippen LogP contribution in [0, 0.1) is 0 Å². The minimum absolute atomic E-state index is 0.0731. The lowest BCUT2D eigenvalue weighted by molar-refractivity contribution is 0.186. The van der Waals surface area contributed by atoms with Crippen LogP contribution in [0.15, 0.2) is 55.3 Å². The number of hydrogen-bond acceptors (Lipinski definition) is 11. The smallest absolute Gasteiger partial charge is 0.242 e. The van der Waals surface area contributed by atoms with E-state index in [9.17, 15) is 21.9 Å². The Kier molecular flexibility index (Phi) is 6.19. The fourth-order valence-corrected chi connectivity index (χ4v) is 6.17. The van der Waals surface area contributed by atoms with Gasteiger partial charge in [-0.1, -0.05) is 18.2 Å². The molecule has 14 nitrogen and oxygen atoms in total. The molecule has 0 spiro atoms. The molecule has 3 aromatic rings. The number of nitrogens with one attached hydrogen (secondary N) is 2. The van der Waals surface area contributed by atoms with Crippen LogP contribution in [0.4, 0.5) is 5.95 Å². The van der Waals surface area contributed by atoms with E-state index in [0.717, 1.165) is 6.07 Å². The molecule has 1 atom stereocenters. The van der Waals surface area contributed by atoms with Gasteiger partial charge in [-0.3, -0.25) is 0 Å². The molecule has 34 heavy (non-hydrogen) atoms. The maximum absolute atomic E-state index is 13.0. The molecule has 9 N–H and O–H groups in total. The molecule has 0 unspecified atom stereocenters. The maximum atomic E-state index is 13.0. The van der Waals surface area contributed by atoms with Gasteiger partial charge < -0.3 is 21.6 Å². The second-order valence-electron chi connectivity index (χ2n) is 7.29. The number of nitrogen functional groups attached to an aromatic ring is 1. The molecule has 0 fully saturated rings. The summed E-state index contributed by atoms with van der Waals surface area (Å²) in [6.07, 6.45) is -1.18. The Morgan fingerprint density at radius 1 is 1.15 bits per heavy atom. The van der Waals surface area contributed by atoms with Crippen LogP contribution >= 0.6 is 0 Å². The van der Waals surface area contributed by atoms with Crippen molar-refractivity contribution in [2.45, 2.75) is 15.9 Å². The standard InChI is InChI=1S/C18H21N9O5S2/c19-6-9(28)7-24-34(31,32)13-5-4-10(11-2-1-3-12-15(11)26-18(20)25-12)14(16(13)33(21,29)30)17-22-8-23-27-17/h1-5,9,24,28H,6-8,19H2,(H3,20,25,26)(H2,21,29,30)/t9-/m0/s1. The molecular weight excluding hydrogens is 486 g/mol. The van der Waals surface area contributed by atoms with Crippen LogP contribution in [0.3, 0.4) is 0 Å². The summed E-state index contributed by atoms with van der Waals surface area (Å²) in [5.74, 6) is 0.0222. The van der Waals surface area contributed by atoms with Crippen LogP contribution < -0.4 is 21.3 Å². The van der Waals surface area contributed by atoms with Crippen LogP contribution in [0.5, 0.6) is 0 Å². The van der Waals surface area contributed by atoms with Crippen molar-refractivity contribution in [2.24, 2.45) is 26.1 Å². The third-order valence-corrected chi connectivity index (χ3v) is 7.56. The Morgan fingerprint density at radius 2 is 1.91 bits per heavy atom. The number of aliphatic hydroxyl groups is 1. The SMILES string of the molecule is NC[C@H](O)CNS(=O)(=O)c1ccc(-c2cccc3[nH]c(N)nc23)c(C2=NCN=N2)c1S(N)(=O)=O. The first-order chi connectivity index (χ1) is 16.0. The highest BCUT2D eigenvalue weighted by molar-refractivity contribution is 7.92. The molecule has 1 aliphatic heterocycles. The van der Waals surface area contributed by atoms with Crippen molar-refractivity contribution in [3.05, 3.63) is 35.9 Å². The number of aromatic nitrogens is 2. The number of para-hydroxylation sites is 1. The van der Waals surface area contributed by atoms with E-state index in [-0.39, 0.29) is 36.1 Å². The van der Waals surface area contributed by atoms with Crippen molar-refractivity contribution >= 4 is 42.9 Å². The van der Waals surface area contributed by atoms with Crippen LogP contribution in [-0.4, -0.2) is 63.6 Å². The van der Waals surface area contributed by atoms with Gasteiger partial charge in [0, 0.05) is 18.7 Å². The molecule has 0 aliphatic carbocycles. The van der Waals surface area contributed by atoms with Crippen molar-refractivity contribution in [2.75, 3.05) is 25.5 Å². The van der Waals surface area contributed by atoms with Gasteiger partial charge in [-0.15, -0.1) is 5.11 Å². The fourth-order valence-electron chi connectivity index (χ4n) is 3.50. The second kappa shape index (κ2) is 8.82. The number of azo groups is 1. The number of imidazole rings is 1. The van der Waals surface area contributed by atoms with Crippen molar-refractivity contribution < 1.29 is 21.9 Å². The van der Waals surface area contributed by atoms with Crippen LogP contribution in [0.2, 0.25) is 0 Å². The molecule has 1 aromatic heterocycles. The lowest BCUT2D eigenvalue weighted by atomic mass is 9.97. The van der Waals surface area contributed by atoms with E-state index in [0.29, 0.717) is 16.6 Å². The van der Waals surface area contributed by atoms with E-state index in [1.54, 1.807) is 18.2 Å². The minimum atomic E-state index is -4.65. The van der Waals surface area contributed by atoms with E-state index >= 15 is 0 Å². The maximum Gasteiger partial charge on any atom is 0.242 e. The zero-order chi connectivity index (χ0) is 24.7. The number of primary sulfonamides is 1. The largest absolute Gasteiger partial charge is 0.390 e. The first kappa shape index (κ1) is 23.9. The molecule has 2 aromatic carbocycles. The van der Waals surface area contributed by atoms with E-state index < -0.39 is 42.5 Å². The second-order valence-corrected chi connectivity index (χ2v) is 10.5. The zero-order valence-corrected chi connectivity index (χ0v) is 19.1. The number of nitrogens with zero attached hydrogens (tertiary/aromatic N) is 4. The number of rotatable bonds is 8. The van der Waals surface area contributed by atoms with Crippen molar-refractivity contribution in [1.82, 2.24) is 14.7 Å². The number of aliphatic hydroxyl groups excluding tert-OH is 1. The summed E-state index contributed by atoms with van der Waals surface area (Å²) < 4.78 is 53.8. The number of nitrogens with two attached hydrogens (primary N) is 3. The fraction of sp³-hybridized carbons (Fsp3) is 0.222. The van der Waals surface area contributed by atoms with Gasteiger partial charge in [0.25, 0.3) is 0 Å². The number of hydrogen-bond donors (Lipinski definition) is 6. The first-order valence-corrected chi connectivity index (χ1v) is 12.8.